The van der Waals surface area contributed by atoms with Crippen LogP contribution in [0.25, 0.3) is 10.9 Å². The highest BCUT2D eigenvalue weighted by Crippen LogP contribution is 2.37. The zero-order chi connectivity index (χ0) is 23.4. The molecule has 0 N–H and O–H groups in total. The van der Waals surface area contributed by atoms with E-state index in [0.717, 1.165) is 31.5 Å². The van der Waals surface area contributed by atoms with Crippen molar-refractivity contribution >= 4 is 44.6 Å². The molecule has 6 heteroatoms. The normalized spacial score (nSPS) is 11.0. The number of carbonyl (C=O) groups excluding carboxylic acids is 1. The third-order valence-electron chi connectivity index (χ3n) is 5.49. The van der Waals surface area contributed by atoms with Crippen LogP contribution in [0.4, 0.5) is 0 Å². The summed E-state index contributed by atoms with van der Waals surface area (Å²) < 4.78 is 14.5. The maximum Gasteiger partial charge on any atom is 0.340 e. The van der Waals surface area contributed by atoms with E-state index in [1.807, 2.05) is 44.3 Å². The third-order valence-corrected chi connectivity index (χ3v) is 7.13. The molecular formula is C27H26BrNO3S. The van der Waals surface area contributed by atoms with Crippen LogP contribution in [0.5, 0.6) is 5.75 Å². The van der Waals surface area contributed by atoms with E-state index in [0.29, 0.717) is 30.3 Å². The summed E-state index contributed by atoms with van der Waals surface area (Å²) in [5.74, 6) is 1.04. The molecule has 0 unspecified atom stereocenters. The highest BCUT2D eigenvalue weighted by atomic mass is 79.9. The van der Waals surface area contributed by atoms with Gasteiger partial charge in [-0.1, -0.05) is 48.0 Å². The lowest BCUT2D eigenvalue weighted by Crippen LogP contribution is -2.08. The van der Waals surface area contributed by atoms with Crippen LogP contribution in [0, 0.1) is 6.92 Å². The molecule has 0 aliphatic heterocycles. The molecule has 33 heavy (non-hydrogen) atoms. The highest BCUT2D eigenvalue weighted by molar-refractivity contribution is 9.10. The molecule has 1 heterocycles. The molecule has 0 aliphatic carbocycles. The number of hydrogen-bond donors (Lipinski definition) is 0. The molecule has 4 nitrogen and oxygen atoms in total. The summed E-state index contributed by atoms with van der Waals surface area (Å²) in [5.41, 5.74) is 4.79. The van der Waals surface area contributed by atoms with Gasteiger partial charge in [0.05, 0.1) is 22.2 Å². The summed E-state index contributed by atoms with van der Waals surface area (Å²) in [7, 11) is 1.99. The number of benzene rings is 3. The van der Waals surface area contributed by atoms with Gasteiger partial charge in [-0.05, 0) is 59.6 Å². The molecule has 0 radical (unpaired) electrons. The number of aromatic nitrogens is 1. The van der Waals surface area contributed by atoms with Gasteiger partial charge in [0.25, 0.3) is 0 Å². The van der Waals surface area contributed by atoms with Gasteiger partial charge in [0, 0.05) is 28.8 Å². The fraction of sp³-hybridized carbons (Fsp3) is 0.222. The van der Waals surface area contributed by atoms with Crippen LogP contribution in [0.3, 0.4) is 0 Å². The zero-order valence-electron chi connectivity index (χ0n) is 18.9. The minimum Gasteiger partial charge on any atom is -0.488 e. The molecule has 0 spiro atoms. The molecular weight excluding hydrogens is 498 g/mol. The van der Waals surface area contributed by atoms with Gasteiger partial charge in [0.15, 0.2) is 0 Å². The second-order valence-electron chi connectivity index (χ2n) is 7.78. The van der Waals surface area contributed by atoms with E-state index in [-0.39, 0.29) is 5.97 Å². The fourth-order valence-corrected chi connectivity index (χ4v) is 5.15. The Kier molecular flexibility index (Phi) is 7.46. The number of hydrogen-bond acceptors (Lipinski definition) is 4. The Balaban J connectivity index is 1.71. The molecule has 170 valence electrons. The van der Waals surface area contributed by atoms with Crippen molar-refractivity contribution in [1.29, 1.82) is 0 Å². The second kappa shape index (κ2) is 10.5. The summed E-state index contributed by atoms with van der Waals surface area (Å²) in [6.07, 6.45) is 0. The van der Waals surface area contributed by atoms with E-state index in [1.54, 1.807) is 11.8 Å². The lowest BCUT2D eigenvalue weighted by atomic mass is 10.1. The molecule has 0 amide bonds. The Morgan fingerprint density at radius 2 is 1.79 bits per heavy atom. The van der Waals surface area contributed by atoms with Crippen LogP contribution in [-0.4, -0.2) is 17.1 Å². The first kappa shape index (κ1) is 23.5. The number of nitrogens with zero attached hydrogens (tertiary/aromatic N) is 1. The highest BCUT2D eigenvalue weighted by Gasteiger charge is 2.24. The van der Waals surface area contributed by atoms with Crippen LogP contribution >= 0.6 is 27.7 Å². The topological polar surface area (TPSA) is 40.5 Å². The Morgan fingerprint density at radius 1 is 1.06 bits per heavy atom. The minimum atomic E-state index is -0.307. The van der Waals surface area contributed by atoms with Gasteiger partial charge >= 0.3 is 5.97 Å². The average Bonchev–Trinajstić information content (AvgIpc) is 3.08. The smallest absolute Gasteiger partial charge is 0.340 e. The van der Waals surface area contributed by atoms with Crippen molar-refractivity contribution in [2.24, 2.45) is 7.05 Å². The number of thioether (sulfide) groups is 1. The molecule has 0 aliphatic rings. The van der Waals surface area contributed by atoms with Crippen molar-refractivity contribution in [3.8, 4) is 5.75 Å². The molecule has 1 aromatic heterocycles. The van der Waals surface area contributed by atoms with Crippen molar-refractivity contribution in [3.63, 3.8) is 0 Å². The van der Waals surface area contributed by atoms with E-state index in [4.69, 9.17) is 9.47 Å². The number of halogens is 1. The van der Waals surface area contributed by atoms with Crippen molar-refractivity contribution < 1.29 is 14.3 Å². The monoisotopic (exact) mass is 523 g/mol. The van der Waals surface area contributed by atoms with Gasteiger partial charge in [0.1, 0.15) is 12.4 Å². The van der Waals surface area contributed by atoms with Crippen LogP contribution in [0.15, 0.2) is 76.1 Å². The first-order chi connectivity index (χ1) is 16.0. The molecule has 4 rings (SSSR count). The number of esters is 1. The number of ether oxygens (including phenoxy) is 2. The van der Waals surface area contributed by atoms with Crippen LogP contribution in [0.1, 0.15) is 34.1 Å². The van der Waals surface area contributed by atoms with Crippen molar-refractivity contribution in [2.75, 3.05) is 6.61 Å². The predicted octanol–water partition coefficient (Wildman–Crippen LogP) is 7.30. The van der Waals surface area contributed by atoms with E-state index in [2.05, 4.69) is 63.8 Å². The van der Waals surface area contributed by atoms with E-state index >= 15 is 0 Å². The largest absolute Gasteiger partial charge is 0.488 e. The summed E-state index contributed by atoms with van der Waals surface area (Å²) in [4.78, 5) is 14.2. The van der Waals surface area contributed by atoms with Gasteiger partial charge in [-0.15, -0.1) is 11.8 Å². The Labute approximate surface area is 207 Å². The van der Waals surface area contributed by atoms with E-state index in [1.165, 1.54) is 5.56 Å². The Bertz CT molecular complexity index is 1270. The SMILES string of the molecule is CCOC(=O)c1c(CSc2ccccc2)n(C)c2cc(Br)c(OCc3ccc(C)cc3)cc12. The van der Waals surface area contributed by atoms with Gasteiger partial charge in [-0.2, -0.15) is 0 Å². The predicted molar refractivity (Wildman–Crippen MR) is 138 cm³/mol. The number of aryl methyl sites for hydroxylation is 2. The quantitative estimate of drug-likeness (QED) is 0.179. The van der Waals surface area contributed by atoms with Crippen LogP contribution in [-0.2, 0) is 24.1 Å². The number of rotatable bonds is 8. The second-order valence-corrected chi connectivity index (χ2v) is 9.68. The molecule has 0 bridgehead atoms. The summed E-state index contributed by atoms with van der Waals surface area (Å²) in [6.45, 7) is 4.67. The first-order valence-electron chi connectivity index (χ1n) is 10.8. The first-order valence-corrected chi connectivity index (χ1v) is 12.6. The van der Waals surface area contributed by atoms with Crippen molar-refractivity contribution in [1.82, 2.24) is 4.57 Å². The third kappa shape index (κ3) is 5.28. The molecule has 4 aromatic rings. The lowest BCUT2D eigenvalue weighted by Gasteiger charge is -2.10. The van der Waals surface area contributed by atoms with E-state index < -0.39 is 0 Å². The molecule has 0 saturated heterocycles. The Hall–Kier alpha value is -2.70. The molecule has 3 aromatic carbocycles. The zero-order valence-corrected chi connectivity index (χ0v) is 21.3. The summed E-state index contributed by atoms with van der Waals surface area (Å²) in [6, 6.07) is 22.4. The maximum absolute atomic E-state index is 13.0. The average molecular weight is 524 g/mol. The van der Waals surface area contributed by atoms with Gasteiger partial charge in [-0.25, -0.2) is 4.79 Å². The standard InChI is InChI=1S/C27H26BrNO3S/c1-4-31-27(30)26-21-14-25(32-16-19-12-10-18(2)11-13-19)22(28)15-23(21)29(3)24(26)17-33-20-8-6-5-7-9-20/h5-15H,4,16-17H2,1-3H3. The summed E-state index contributed by atoms with van der Waals surface area (Å²) >= 11 is 5.35. The number of fused-ring (bicyclic) bond motifs is 1. The van der Waals surface area contributed by atoms with Gasteiger partial charge in [-0.3, -0.25) is 0 Å². The maximum atomic E-state index is 13.0. The molecule has 0 fully saturated rings. The van der Waals surface area contributed by atoms with Crippen molar-refractivity contribution in [2.45, 2.75) is 31.1 Å². The minimum absolute atomic E-state index is 0.307. The van der Waals surface area contributed by atoms with Crippen LogP contribution < -0.4 is 4.74 Å². The van der Waals surface area contributed by atoms with Gasteiger partial charge < -0.3 is 14.0 Å². The molecule has 0 atom stereocenters. The van der Waals surface area contributed by atoms with E-state index in [9.17, 15) is 4.79 Å². The fourth-order valence-electron chi connectivity index (χ4n) is 3.71. The summed E-state index contributed by atoms with van der Waals surface area (Å²) in [5, 5.41) is 0.835. The molecule has 0 saturated carbocycles. The lowest BCUT2D eigenvalue weighted by molar-refractivity contribution is 0.0527. The van der Waals surface area contributed by atoms with Crippen molar-refractivity contribution in [3.05, 3.63) is 93.6 Å². The Morgan fingerprint density at radius 3 is 2.48 bits per heavy atom. The van der Waals surface area contributed by atoms with Gasteiger partial charge in [0.2, 0.25) is 0 Å². The number of carbonyl (C=O) groups is 1. The van der Waals surface area contributed by atoms with Crippen LogP contribution in [0.2, 0.25) is 0 Å².